The molecule has 2 aliphatic heterocycles. The van der Waals surface area contributed by atoms with Crippen molar-refractivity contribution in [3.8, 4) is 6.07 Å². The van der Waals surface area contributed by atoms with Crippen molar-refractivity contribution >= 4 is 52.1 Å². The molecule has 182 valence electrons. The van der Waals surface area contributed by atoms with Gasteiger partial charge in [0.25, 0.3) is 11.5 Å². The number of thiocarbonyl (C=S) groups is 1. The Balaban J connectivity index is 2.12. The minimum Gasteiger partial charge on any atom is -0.481 e. The van der Waals surface area contributed by atoms with Crippen LogP contribution in [0.2, 0.25) is 0 Å². The number of carboxylic acids is 1. The van der Waals surface area contributed by atoms with Gasteiger partial charge >= 0.3 is 5.97 Å². The van der Waals surface area contributed by atoms with Crippen LogP contribution >= 0.6 is 24.0 Å². The highest BCUT2D eigenvalue weighted by Crippen LogP contribution is 2.37. The van der Waals surface area contributed by atoms with E-state index in [1.807, 2.05) is 6.92 Å². The maximum absolute atomic E-state index is 13.2. The zero-order valence-corrected chi connectivity index (χ0v) is 21.6. The van der Waals surface area contributed by atoms with Crippen molar-refractivity contribution in [1.82, 2.24) is 9.47 Å². The van der Waals surface area contributed by atoms with Gasteiger partial charge in [-0.1, -0.05) is 37.8 Å². The summed E-state index contributed by atoms with van der Waals surface area (Å²) in [6, 6.07) is 2.05. The molecule has 2 fully saturated rings. The Bertz CT molecular complexity index is 1140. The number of amides is 1. The van der Waals surface area contributed by atoms with Crippen LogP contribution in [0.1, 0.15) is 56.7 Å². The van der Waals surface area contributed by atoms with Gasteiger partial charge in [-0.15, -0.1) is 0 Å². The molecule has 1 aromatic rings. The number of anilines is 1. The quantitative estimate of drug-likeness (QED) is 0.445. The normalized spacial score (nSPS) is 21.9. The lowest BCUT2D eigenvalue weighted by Crippen LogP contribution is -2.42. The highest BCUT2D eigenvalue weighted by atomic mass is 32.2. The Labute approximate surface area is 209 Å². The Kier molecular flexibility index (Phi) is 8.21. The molecule has 34 heavy (non-hydrogen) atoms. The fraction of sp³-hybridized carbons (Fsp3) is 0.542. The van der Waals surface area contributed by atoms with Gasteiger partial charge in [-0.25, -0.2) is 0 Å². The van der Waals surface area contributed by atoms with Crippen LogP contribution in [0.25, 0.3) is 6.08 Å². The van der Waals surface area contributed by atoms with Gasteiger partial charge in [0.15, 0.2) is 0 Å². The summed E-state index contributed by atoms with van der Waals surface area (Å²) < 4.78 is 2.01. The topological polar surface area (TPSA) is 107 Å². The molecule has 1 N–H and O–H groups in total. The Morgan fingerprint density at radius 2 is 1.94 bits per heavy atom. The third-order valence-corrected chi connectivity index (χ3v) is 7.63. The molecule has 0 radical (unpaired) electrons. The molecule has 0 aromatic carbocycles. The van der Waals surface area contributed by atoms with E-state index in [0.717, 1.165) is 37.1 Å². The van der Waals surface area contributed by atoms with E-state index in [0.29, 0.717) is 45.2 Å². The molecule has 3 rings (SSSR count). The summed E-state index contributed by atoms with van der Waals surface area (Å²) in [5.41, 5.74) is 0.994. The number of hydrogen-bond donors (Lipinski definition) is 1. The largest absolute Gasteiger partial charge is 0.481 e. The van der Waals surface area contributed by atoms with Gasteiger partial charge in [-0.3, -0.25) is 23.9 Å². The van der Waals surface area contributed by atoms with Gasteiger partial charge in [-0.05, 0) is 50.2 Å². The van der Waals surface area contributed by atoms with E-state index < -0.39 is 5.97 Å². The van der Waals surface area contributed by atoms with Gasteiger partial charge in [0.05, 0.1) is 4.91 Å². The fourth-order valence-electron chi connectivity index (χ4n) is 4.83. The standard InChI is InChI=1S/C24H30N4O4S2/c1-5-27-21(26-12-14(2)9-15(3)13-26)17(16(4)18(11-25)22(27)31)10-19-23(32)28(24(33)34-19)8-6-7-20(29)30/h10,14-15H,5-9,12-13H2,1-4H3,(H,29,30). The molecule has 1 aromatic heterocycles. The summed E-state index contributed by atoms with van der Waals surface area (Å²) in [5, 5.41) is 18.6. The second-order valence-corrected chi connectivity index (χ2v) is 10.8. The second-order valence-electron chi connectivity index (χ2n) is 9.08. The predicted octanol–water partition coefficient (Wildman–Crippen LogP) is 3.60. The van der Waals surface area contributed by atoms with E-state index in [1.165, 1.54) is 4.90 Å². The smallest absolute Gasteiger partial charge is 0.303 e. The summed E-state index contributed by atoms with van der Waals surface area (Å²) in [6.45, 7) is 10.2. The van der Waals surface area contributed by atoms with Crippen LogP contribution in [-0.4, -0.2) is 50.4 Å². The van der Waals surface area contributed by atoms with Crippen LogP contribution in [0.4, 0.5) is 5.82 Å². The van der Waals surface area contributed by atoms with E-state index >= 15 is 0 Å². The molecule has 2 saturated heterocycles. The number of carboxylic acid groups (broad SMARTS) is 1. The summed E-state index contributed by atoms with van der Waals surface area (Å²) in [5.74, 6) is 0.426. The molecular formula is C24H30N4O4S2. The molecule has 0 spiro atoms. The van der Waals surface area contributed by atoms with Gasteiger partial charge in [-0.2, -0.15) is 5.26 Å². The molecule has 0 saturated carbocycles. The number of nitrogens with zero attached hydrogens (tertiary/aromatic N) is 4. The third-order valence-electron chi connectivity index (χ3n) is 6.25. The number of piperidine rings is 1. The fourth-order valence-corrected chi connectivity index (χ4v) is 6.12. The first kappa shape index (κ1) is 26.0. The second kappa shape index (κ2) is 10.7. The van der Waals surface area contributed by atoms with Crippen molar-refractivity contribution in [2.24, 2.45) is 11.8 Å². The first-order chi connectivity index (χ1) is 16.1. The maximum atomic E-state index is 13.2. The number of carbonyl (C=O) groups excluding carboxylic acids is 1. The number of aromatic nitrogens is 1. The summed E-state index contributed by atoms with van der Waals surface area (Å²) >= 11 is 6.56. The molecule has 8 nitrogen and oxygen atoms in total. The van der Waals surface area contributed by atoms with E-state index in [1.54, 1.807) is 17.6 Å². The first-order valence-corrected chi connectivity index (χ1v) is 12.7. The van der Waals surface area contributed by atoms with Crippen molar-refractivity contribution in [2.75, 3.05) is 24.5 Å². The highest BCUT2D eigenvalue weighted by Gasteiger charge is 2.34. The van der Waals surface area contributed by atoms with E-state index in [-0.39, 0.29) is 30.0 Å². The first-order valence-electron chi connectivity index (χ1n) is 11.5. The van der Waals surface area contributed by atoms with Crippen LogP contribution < -0.4 is 10.5 Å². The van der Waals surface area contributed by atoms with Gasteiger partial charge in [0, 0.05) is 38.2 Å². The summed E-state index contributed by atoms with van der Waals surface area (Å²) in [4.78, 5) is 41.2. The van der Waals surface area contributed by atoms with Crippen LogP contribution in [0.5, 0.6) is 0 Å². The minimum absolute atomic E-state index is 0.0440. The van der Waals surface area contributed by atoms with Crippen molar-refractivity contribution in [3.63, 3.8) is 0 Å². The highest BCUT2D eigenvalue weighted by molar-refractivity contribution is 8.26. The summed E-state index contributed by atoms with van der Waals surface area (Å²) in [6.07, 6.45) is 3.11. The van der Waals surface area contributed by atoms with Crippen molar-refractivity contribution in [2.45, 2.75) is 53.5 Å². The van der Waals surface area contributed by atoms with Gasteiger partial charge in [0.2, 0.25) is 0 Å². The number of nitriles is 1. The van der Waals surface area contributed by atoms with Gasteiger partial charge < -0.3 is 10.0 Å². The maximum Gasteiger partial charge on any atom is 0.303 e. The molecule has 1 amide bonds. The van der Waals surface area contributed by atoms with Crippen molar-refractivity contribution in [3.05, 3.63) is 31.9 Å². The van der Waals surface area contributed by atoms with Crippen LogP contribution in [0.15, 0.2) is 9.70 Å². The molecule has 10 heteroatoms. The lowest BCUT2D eigenvalue weighted by molar-refractivity contribution is -0.137. The predicted molar refractivity (Wildman–Crippen MR) is 138 cm³/mol. The molecule has 2 unspecified atom stereocenters. The monoisotopic (exact) mass is 502 g/mol. The lowest BCUT2D eigenvalue weighted by atomic mass is 9.91. The number of rotatable bonds is 7. The van der Waals surface area contributed by atoms with E-state index in [9.17, 15) is 19.6 Å². The van der Waals surface area contributed by atoms with E-state index in [4.69, 9.17) is 17.3 Å². The number of aliphatic carboxylic acids is 1. The van der Waals surface area contributed by atoms with Crippen molar-refractivity contribution < 1.29 is 14.7 Å². The molecule has 2 aliphatic rings. The molecule has 3 heterocycles. The Morgan fingerprint density at radius 1 is 1.29 bits per heavy atom. The lowest BCUT2D eigenvalue weighted by Gasteiger charge is -2.38. The van der Waals surface area contributed by atoms with Crippen LogP contribution in [0, 0.1) is 30.1 Å². The summed E-state index contributed by atoms with van der Waals surface area (Å²) in [7, 11) is 0. The van der Waals surface area contributed by atoms with E-state index in [2.05, 4.69) is 24.8 Å². The zero-order valence-electron chi connectivity index (χ0n) is 20.0. The van der Waals surface area contributed by atoms with Crippen LogP contribution in [-0.2, 0) is 16.1 Å². The molecule has 0 bridgehead atoms. The van der Waals surface area contributed by atoms with Gasteiger partial charge in [0.1, 0.15) is 21.8 Å². The zero-order chi connectivity index (χ0) is 25.2. The number of thioether (sulfide) groups is 1. The average molecular weight is 503 g/mol. The average Bonchev–Trinajstić information content (AvgIpc) is 3.02. The number of pyridine rings is 1. The number of hydrogen-bond acceptors (Lipinski definition) is 7. The molecule has 2 atom stereocenters. The Hall–Kier alpha value is -2.64. The molecule has 0 aliphatic carbocycles. The third kappa shape index (κ3) is 5.20. The van der Waals surface area contributed by atoms with Crippen LogP contribution in [0.3, 0.4) is 0 Å². The Morgan fingerprint density at radius 3 is 2.50 bits per heavy atom. The molecular weight excluding hydrogens is 472 g/mol. The number of carbonyl (C=O) groups is 2. The van der Waals surface area contributed by atoms with Crippen molar-refractivity contribution in [1.29, 1.82) is 5.26 Å². The minimum atomic E-state index is -0.919. The SMILES string of the molecule is CCn1c(N2CC(C)CC(C)C2)c(C=C2SC(=S)N(CCCC(=O)O)C2=O)c(C)c(C#N)c1=O.